The highest BCUT2D eigenvalue weighted by Crippen LogP contribution is 2.27. The summed E-state index contributed by atoms with van der Waals surface area (Å²) >= 11 is 0. The van der Waals surface area contributed by atoms with Gasteiger partial charge in [0, 0.05) is 19.1 Å². The third-order valence-electron chi connectivity index (χ3n) is 3.55. The summed E-state index contributed by atoms with van der Waals surface area (Å²) in [4.78, 5) is 11.9. The Labute approximate surface area is 111 Å². The standard InChI is InChI=1S/C14H28N2O2/c1-11(2)10-18-8-7-16-14(17)13-5-3-12(9-15)4-6-13/h11-13H,3-10,15H2,1-2H3,(H,16,17). The molecule has 0 atom stereocenters. The predicted molar refractivity (Wildman–Crippen MR) is 73.2 cm³/mol. The molecule has 18 heavy (non-hydrogen) atoms. The van der Waals surface area contributed by atoms with Crippen molar-refractivity contribution in [1.29, 1.82) is 0 Å². The monoisotopic (exact) mass is 256 g/mol. The lowest BCUT2D eigenvalue weighted by Gasteiger charge is -2.26. The molecule has 1 aliphatic rings. The molecule has 0 unspecified atom stereocenters. The minimum Gasteiger partial charge on any atom is -0.379 e. The summed E-state index contributed by atoms with van der Waals surface area (Å²) in [6.45, 7) is 7.00. The van der Waals surface area contributed by atoms with Gasteiger partial charge < -0.3 is 15.8 Å². The topological polar surface area (TPSA) is 64.3 Å². The van der Waals surface area contributed by atoms with Gasteiger partial charge in [0.15, 0.2) is 0 Å². The molecule has 0 saturated heterocycles. The van der Waals surface area contributed by atoms with Crippen molar-refractivity contribution in [3.05, 3.63) is 0 Å². The van der Waals surface area contributed by atoms with Gasteiger partial charge in [-0.15, -0.1) is 0 Å². The van der Waals surface area contributed by atoms with Crippen molar-refractivity contribution in [2.24, 2.45) is 23.5 Å². The SMILES string of the molecule is CC(C)COCCNC(=O)C1CCC(CN)CC1. The van der Waals surface area contributed by atoms with Crippen LogP contribution in [0.5, 0.6) is 0 Å². The van der Waals surface area contributed by atoms with Gasteiger partial charge in [0.1, 0.15) is 0 Å². The van der Waals surface area contributed by atoms with Crippen molar-refractivity contribution in [2.75, 3.05) is 26.3 Å². The van der Waals surface area contributed by atoms with Crippen LogP contribution in [0.2, 0.25) is 0 Å². The zero-order valence-electron chi connectivity index (χ0n) is 11.8. The second-order valence-electron chi connectivity index (χ2n) is 5.71. The van der Waals surface area contributed by atoms with E-state index in [4.69, 9.17) is 10.5 Å². The zero-order valence-corrected chi connectivity index (χ0v) is 11.8. The molecule has 0 aromatic heterocycles. The van der Waals surface area contributed by atoms with E-state index < -0.39 is 0 Å². The maximum atomic E-state index is 11.9. The molecule has 1 amide bonds. The van der Waals surface area contributed by atoms with Gasteiger partial charge in [0.2, 0.25) is 5.91 Å². The number of carbonyl (C=O) groups excluding carboxylic acids is 1. The van der Waals surface area contributed by atoms with Crippen LogP contribution >= 0.6 is 0 Å². The molecule has 0 heterocycles. The van der Waals surface area contributed by atoms with E-state index in [1.54, 1.807) is 0 Å². The summed E-state index contributed by atoms with van der Waals surface area (Å²) in [5.41, 5.74) is 5.65. The zero-order chi connectivity index (χ0) is 13.4. The molecule has 0 spiro atoms. The minimum atomic E-state index is 0.192. The molecule has 1 saturated carbocycles. The van der Waals surface area contributed by atoms with E-state index in [0.717, 1.165) is 38.8 Å². The van der Waals surface area contributed by atoms with Crippen LogP contribution in [0, 0.1) is 17.8 Å². The van der Waals surface area contributed by atoms with Gasteiger partial charge in [-0.3, -0.25) is 4.79 Å². The smallest absolute Gasteiger partial charge is 0.223 e. The molecular formula is C14H28N2O2. The first-order valence-electron chi connectivity index (χ1n) is 7.19. The number of rotatable bonds is 7. The molecule has 0 bridgehead atoms. The summed E-state index contributed by atoms with van der Waals surface area (Å²) in [6, 6.07) is 0. The van der Waals surface area contributed by atoms with E-state index in [1.165, 1.54) is 0 Å². The fourth-order valence-electron chi connectivity index (χ4n) is 2.37. The molecular weight excluding hydrogens is 228 g/mol. The van der Waals surface area contributed by atoms with Crippen LogP contribution in [-0.2, 0) is 9.53 Å². The first kappa shape index (κ1) is 15.4. The lowest BCUT2D eigenvalue weighted by atomic mass is 9.81. The third kappa shape index (κ3) is 5.83. The summed E-state index contributed by atoms with van der Waals surface area (Å²) in [5, 5.41) is 2.96. The molecule has 4 nitrogen and oxygen atoms in total. The molecule has 106 valence electrons. The number of hydrogen-bond acceptors (Lipinski definition) is 3. The molecule has 1 fully saturated rings. The number of ether oxygens (including phenoxy) is 1. The first-order chi connectivity index (χ1) is 8.63. The highest BCUT2D eigenvalue weighted by atomic mass is 16.5. The largest absolute Gasteiger partial charge is 0.379 e. The minimum absolute atomic E-state index is 0.192. The summed E-state index contributed by atoms with van der Waals surface area (Å²) in [5.74, 6) is 1.56. The molecule has 3 N–H and O–H groups in total. The lowest BCUT2D eigenvalue weighted by Crippen LogP contribution is -2.36. The second kappa shape index (κ2) is 8.48. The Morgan fingerprint density at radius 2 is 2.00 bits per heavy atom. The van der Waals surface area contributed by atoms with Crippen LogP contribution in [0.3, 0.4) is 0 Å². The van der Waals surface area contributed by atoms with E-state index in [2.05, 4.69) is 19.2 Å². The average Bonchev–Trinajstić information content (AvgIpc) is 2.38. The van der Waals surface area contributed by atoms with Gasteiger partial charge in [-0.1, -0.05) is 13.8 Å². The van der Waals surface area contributed by atoms with E-state index in [9.17, 15) is 4.79 Å². The number of nitrogens with two attached hydrogens (primary N) is 1. The fraction of sp³-hybridized carbons (Fsp3) is 0.929. The van der Waals surface area contributed by atoms with Crippen LogP contribution in [0.25, 0.3) is 0 Å². The van der Waals surface area contributed by atoms with E-state index in [-0.39, 0.29) is 11.8 Å². The molecule has 0 aliphatic heterocycles. The first-order valence-corrected chi connectivity index (χ1v) is 7.19. The maximum absolute atomic E-state index is 11.9. The van der Waals surface area contributed by atoms with Gasteiger partial charge in [0.05, 0.1) is 6.61 Å². The Morgan fingerprint density at radius 1 is 1.33 bits per heavy atom. The van der Waals surface area contributed by atoms with E-state index in [1.807, 2.05) is 0 Å². The fourth-order valence-corrected chi connectivity index (χ4v) is 2.37. The van der Waals surface area contributed by atoms with Crippen molar-refractivity contribution < 1.29 is 9.53 Å². The molecule has 0 radical (unpaired) electrons. The number of amides is 1. The predicted octanol–water partition coefficient (Wildman–Crippen LogP) is 1.54. The Hall–Kier alpha value is -0.610. The second-order valence-corrected chi connectivity index (χ2v) is 5.71. The Morgan fingerprint density at radius 3 is 2.56 bits per heavy atom. The molecule has 4 heteroatoms. The molecule has 1 rings (SSSR count). The molecule has 0 aromatic carbocycles. The van der Waals surface area contributed by atoms with Crippen LogP contribution in [0.4, 0.5) is 0 Å². The number of hydrogen-bond donors (Lipinski definition) is 2. The van der Waals surface area contributed by atoms with Crippen molar-refractivity contribution in [3.63, 3.8) is 0 Å². The lowest BCUT2D eigenvalue weighted by molar-refractivity contribution is -0.126. The number of nitrogens with one attached hydrogen (secondary N) is 1. The highest BCUT2D eigenvalue weighted by molar-refractivity contribution is 5.78. The van der Waals surface area contributed by atoms with E-state index >= 15 is 0 Å². The van der Waals surface area contributed by atoms with Gasteiger partial charge in [0.25, 0.3) is 0 Å². The van der Waals surface area contributed by atoms with Crippen LogP contribution < -0.4 is 11.1 Å². The maximum Gasteiger partial charge on any atom is 0.223 e. The normalized spacial score (nSPS) is 24.2. The highest BCUT2D eigenvalue weighted by Gasteiger charge is 2.25. The quantitative estimate of drug-likeness (QED) is 0.679. The van der Waals surface area contributed by atoms with Crippen molar-refractivity contribution in [2.45, 2.75) is 39.5 Å². The Balaban J connectivity index is 2.07. The van der Waals surface area contributed by atoms with Gasteiger partial charge in [-0.05, 0) is 44.1 Å². The van der Waals surface area contributed by atoms with Crippen molar-refractivity contribution in [3.8, 4) is 0 Å². The summed E-state index contributed by atoms with van der Waals surface area (Å²) in [6.07, 6.45) is 4.16. The number of carbonyl (C=O) groups is 1. The Bertz CT molecular complexity index is 236. The van der Waals surface area contributed by atoms with Crippen molar-refractivity contribution >= 4 is 5.91 Å². The van der Waals surface area contributed by atoms with Crippen LogP contribution in [0.1, 0.15) is 39.5 Å². The Kier molecular flexibility index (Phi) is 7.28. The van der Waals surface area contributed by atoms with Gasteiger partial charge >= 0.3 is 0 Å². The average molecular weight is 256 g/mol. The van der Waals surface area contributed by atoms with Crippen LogP contribution in [-0.4, -0.2) is 32.2 Å². The van der Waals surface area contributed by atoms with Crippen LogP contribution in [0.15, 0.2) is 0 Å². The van der Waals surface area contributed by atoms with Gasteiger partial charge in [-0.25, -0.2) is 0 Å². The van der Waals surface area contributed by atoms with Crippen molar-refractivity contribution in [1.82, 2.24) is 5.32 Å². The van der Waals surface area contributed by atoms with E-state index in [0.29, 0.717) is 25.0 Å². The third-order valence-corrected chi connectivity index (χ3v) is 3.55. The molecule has 0 aromatic rings. The summed E-state index contributed by atoms with van der Waals surface area (Å²) in [7, 11) is 0. The molecule has 1 aliphatic carbocycles. The van der Waals surface area contributed by atoms with Gasteiger partial charge in [-0.2, -0.15) is 0 Å². The summed E-state index contributed by atoms with van der Waals surface area (Å²) < 4.78 is 5.44.